The van der Waals surface area contributed by atoms with Crippen molar-refractivity contribution in [1.82, 2.24) is 10.6 Å². The van der Waals surface area contributed by atoms with Gasteiger partial charge in [0, 0.05) is 25.7 Å². The minimum Gasteiger partial charge on any atom is -0.387 e. The number of nitrogens with one attached hydrogen (secondary N) is 2. The third-order valence-corrected chi connectivity index (χ3v) is 3.10. The minimum atomic E-state index is -0.541. The van der Waals surface area contributed by atoms with Crippen molar-refractivity contribution in [3.05, 3.63) is 0 Å². The van der Waals surface area contributed by atoms with Crippen LogP contribution in [0.5, 0.6) is 0 Å². The molecule has 0 aromatic carbocycles. The van der Waals surface area contributed by atoms with Crippen molar-refractivity contribution >= 4 is 0 Å². The van der Waals surface area contributed by atoms with Crippen LogP contribution in [0.2, 0.25) is 0 Å². The molecule has 2 fully saturated rings. The first-order chi connectivity index (χ1) is 6.79. The van der Waals surface area contributed by atoms with Gasteiger partial charge in [0.1, 0.15) is 0 Å². The summed E-state index contributed by atoms with van der Waals surface area (Å²) in [4.78, 5) is 0. The Morgan fingerprint density at radius 2 is 2.50 bits per heavy atom. The summed E-state index contributed by atoms with van der Waals surface area (Å²) in [7, 11) is 0. The van der Waals surface area contributed by atoms with E-state index in [9.17, 15) is 5.11 Å². The molecule has 4 heteroatoms. The molecule has 0 aromatic rings. The van der Waals surface area contributed by atoms with Crippen molar-refractivity contribution in [2.45, 2.75) is 30.9 Å². The smallest absolute Gasteiger partial charge is 0.0895 e. The fourth-order valence-corrected chi connectivity index (χ4v) is 2.13. The summed E-state index contributed by atoms with van der Waals surface area (Å²) in [5, 5.41) is 16.8. The highest BCUT2D eigenvalue weighted by molar-refractivity contribution is 4.88. The number of piperidine rings is 1. The third-order valence-electron chi connectivity index (χ3n) is 3.10. The monoisotopic (exact) mass is 200 g/mol. The standard InChI is InChI=1S/C10H20N2O2/c13-10(3-1-4-11-7-10)8-12-9-2-5-14-6-9/h9,11-13H,1-8H2. The van der Waals surface area contributed by atoms with Crippen LogP contribution in [0.25, 0.3) is 0 Å². The van der Waals surface area contributed by atoms with Gasteiger partial charge in [-0.25, -0.2) is 0 Å². The SMILES string of the molecule is OC1(CNC2CCOC2)CCCNC1. The molecule has 2 rings (SSSR count). The Bertz CT molecular complexity index is 175. The molecule has 2 aliphatic heterocycles. The third kappa shape index (κ3) is 2.67. The summed E-state index contributed by atoms with van der Waals surface area (Å²) < 4.78 is 5.27. The summed E-state index contributed by atoms with van der Waals surface area (Å²) in [6, 6.07) is 0.445. The fraction of sp³-hybridized carbons (Fsp3) is 1.00. The van der Waals surface area contributed by atoms with Crippen LogP contribution in [0.4, 0.5) is 0 Å². The quantitative estimate of drug-likeness (QED) is 0.574. The van der Waals surface area contributed by atoms with Gasteiger partial charge in [-0.15, -0.1) is 0 Å². The lowest BCUT2D eigenvalue weighted by atomic mass is 9.94. The van der Waals surface area contributed by atoms with Gasteiger partial charge in [0.2, 0.25) is 0 Å². The van der Waals surface area contributed by atoms with Crippen LogP contribution in [-0.2, 0) is 4.74 Å². The van der Waals surface area contributed by atoms with E-state index in [1.807, 2.05) is 0 Å². The maximum atomic E-state index is 10.2. The average molecular weight is 200 g/mol. The Morgan fingerprint density at radius 3 is 3.14 bits per heavy atom. The van der Waals surface area contributed by atoms with E-state index >= 15 is 0 Å². The Hall–Kier alpha value is -0.160. The van der Waals surface area contributed by atoms with Crippen molar-refractivity contribution in [3.63, 3.8) is 0 Å². The molecule has 3 N–H and O–H groups in total. The Labute approximate surface area is 85.0 Å². The second-order valence-corrected chi connectivity index (χ2v) is 4.45. The van der Waals surface area contributed by atoms with E-state index in [2.05, 4.69) is 10.6 Å². The molecule has 0 spiro atoms. The first-order valence-corrected chi connectivity index (χ1v) is 5.53. The highest BCUT2D eigenvalue weighted by Gasteiger charge is 2.30. The lowest BCUT2D eigenvalue weighted by Gasteiger charge is -2.33. The molecule has 14 heavy (non-hydrogen) atoms. The van der Waals surface area contributed by atoms with Gasteiger partial charge in [-0.3, -0.25) is 0 Å². The van der Waals surface area contributed by atoms with Gasteiger partial charge in [-0.05, 0) is 25.8 Å². The molecule has 2 saturated heterocycles. The van der Waals surface area contributed by atoms with Gasteiger partial charge in [0.25, 0.3) is 0 Å². The summed E-state index contributed by atoms with van der Waals surface area (Å²) in [6.07, 6.45) is 3.05. The van der Waals surface area contributed by atoms with Crippen molar-refractivity contribution in [2.24, 2.45) is 0 Å². The molecule has 0 bridgehead atoms. The molecular formula is C10H20N2O2. The molecule has 2 aliphatic rings. The Morgan fingerprint density at radius 1 is 1.57 bits per heavy atom. The largest absolute Gasteiger partial charge is 0.387 e. The Kier molecular flexibility index (Phi) is 3.38. The predicted octanol–water partition coefficient (Wildman–Crippen LogP) is -0.521. The van der Waals surface area contributed by atoms with Gasteiger partial charge in [-0.2, -0.15) is 0 Å². The number of aliphatic hydroxyl groups is 1. The van der Waals surface area contributed by atoms with Gasteiger partial charge >= 0.3 is 0 Å². The van der Waals surface area contributed by atoms with Crippen LogP contribution in [0, 0.1) is 0 Å². The highest BCUT2D eigenvalue weighted by atomic mass is 16.5. The highest BCUT2D eigenvalue weighted by Crippen LogP contribution is 2.15. The lowest BCUT2D eigenvalue weighted by molar-refractivity contribution is 0.0145. The van der Waals surface area contributed by atoms with Crippen molar-refractivity contribution in [3.8, 4) is 0 Å². The van der Waals surface area contributed by atoms with E-state index in [0.717, 1.165) is 39.0 Å². The predicted molar refractivity (Wildman–Crippen MR) is 54.3 cm³/mol. The average Bonchev–Trinajstić information content (AvgIpc) is 2.69. The van der Waals surface area contributed by atoms with Crippen LogP contribution in [0.3, 0.4) is 0 Å². The molecule has 2 heterocycles. The lowest BCUT2D eigenvalue weighted by Crippen LogP contribution is -2.53. The molecule has 0 aromatic heterocycles. The van der Waals surface area contributed by atoms with Crippen LogP contribution >= 0.6 is 0 Å². The van der Waals surface area contributed by atoms with E-state index < -0.39 is 5.60 Å². The summed E-state index contributed by atoms with van der Waals surface area (Å²) in [6.45, 7) is 4.09. The second kappa shape index (κ2) is 4.57. The van der Waals surface area contributed by atoms with Gasteiger partial charge in [-0.1, -0.05) is 0 Å². The number of β-amino-alcohol motifs (C(OH)–C–C–N with tert-alkyl or cyclic N) is 1. The molecule has 82 valence electrons. The maximum Gasteiger partial charge on any atom is 0.0895 e. The topological polar surface area (TPSA) is 53.5 Å². The van der Waals surface area contributed by atoms with Crippen molar-refractivity contribution < 1.29 is 9.84 Å². The van der Waals surface area contributed by atoms with Crippen LogP contribution < -0.4 is 10.6 Å². The van der Waals surface area contributed by atoms with Gasteiger partial charge < -0.3 is 20.5 Å². The molecule has 0 radical (unpaired) electrons. The number of ether oxygens (including phenoxy) is 1. The van der Waals surface area contributed by atoms with E-state index in [1.54, 1.807) is 0 Å². The number of rotatable bonds is 3. The number of hydrogen-bond donors (Lipinski definition) is 3. The molecule has 0 amide bonds. The molecule has 2 unspecified atom stereocenters. The first kappa shape index (κ1) is 10.4. The van der Waals surface area contributed by atoms with E-state index in [0.29, 0.717) is 19.1 Å². The molecule has 4 nitrogen and oxygen atoms in total. The number of hydrogen-bond acceptors (Lipinski definition) is 4. The van der Waals surface area contributed by atoms with Gasteiger partial charge in [0.15, 0.2) is 0 Å². The van der Waals surface area contributed by atoms with Crippen LogP contribution in [-0.4, -0.2) is 49.6 Å². The van der Waals surface area contributed by atoms with Crippen LogP contribution in [0.1, 0.15) is 19.3 Å². The molecule has 0 saturated carbocycles. The van der Waals surface area contributed by atoms with E-state index in [-0.39, 0.29) is 0 Å². The zero-order valence-electron chi connectivity index (χ0n) is 8.59. The zero-order valence-corrected chi connectivity index (χ0v) is 8.59. The molecular weight excluding hydrogens is 180 g/mol. The summed E-state index contributed by atoms with van der Waals surface area (Å²) in [5.74, 6) is 0. The van der Waals surface area contributed by atoms with Crippen LogP contribution in [0.15, 0.2) is 0 Å². The fourth-order valence-electron chi connectivity index (χ4n) is 2.13. The summed E-state index contributed by atoms with van der Waals surface area (Å²) in [5.41, 5.74) is -0.541. The Balaban J connectivity index is 1.72. The van der Waals surface area contributed by atoms with Gasteiger partial charge in [0.05, 0.1) is 12.2 Å². The van der Waals surface area contributed by atoms with Crippen molar-refractivity contribution in [1.29, 1.82) is 0 Å². The normalized spacial score (nSPS) is 38.8. The van der Waals surface area contributed by atoms with Crippen molar-refractivity contribution in [2.75, 3.05) is 32.8 Å². The van der Waals surface area contributed by atoms with E-state index in [1.165, 1.54) is 0 Å². The molecule has 0 aliphatic carbocycles. The maximum absolute atomic E-state index is 10.2. The minimum absolute atomic E-state index is 0.445. The first-order valence-electron chi connectivity index (χ1n) is 5.53. The second-order valence-electron chi connectivity index (χ2n) is 4.45. The molecule has 2 atom stereocenters. The van der Waals surface area contributed by atoms with E-state index in [4.69, 9.17) is 4.74 Å². The zero-order chi connectivity index (χ0) is 9.86. The summed E-state index contributed by atoms with van der Waals surface area (Å²) >= 11 is 0.